The summed E-state index contributed by atoms with van der Waals surface area (Å²) < 4.78 is 0. The number of carbonyl (C=O) groups is 2. The summed E-state index contributed by atoms with van der Waals surface area (Å²) in [6.45, 7) is 2.37. The Labute approximate surface area is 162 Å². The molecule has 0 aliphatic carbocycles. The molecule has 3 rings (SSSR count). The van der Waals surface area contributed by atoms with Crippen molar-refractivity contribution >= 4 is 17.5 Å². The smallest absolute Gasteiger partial charge is 0.257 e. The number of nitrogens with one attached hydrogen (secondary N) is 2. The van der Waals surface area contributed by atoms with E-state index in [2.05, 4.69) is 15.6 Å². The minimum Gasteiger partial charge on any atom is -0.348 e. The normalized spacial score (nSPS) is 10.0. The van der Waals surface area contributed by atoms with Crippen LogP contribution in [-0.4, -0.2) is 16.8 Å². The fraction of sp³-hybridized carbons (Fsp3) is 0.0909. The number of aryl methyl sites for hydroxylation is 1. The molecule has 2 amide bonds. The largest absolute Gasteiger partial charge is 0.348 e. The highest BCUT2D eigenvalue weighted by Gasteiger charge is 2.13. The molecule has 0 atom stereocenters. The van der Waals surface area contributed by atoms with Gasteiger partial charge in [0.1, 0.15) is 6.07 Å². The van der Waals surface area contributed by atoms with Gasteiger partial charge in [0.25, 0.3) is 11.8 Å². The Kier molecular flexibility index (Phi) is 5.78. The third kappa shape index (κ3) is 4.59. The minimum absolute atomic E-state index is 0.232. The van der Waals surface area contributed by atoms with Gasteiger partial charge < -0.3 is 10.6 Å². The van der Waals surface area contributed by atoms with Crippen LogP contribution in [0.1, 0.15) is 37.4 Å². The zero-order valence-corrected chi connectivity index (χ0v) is 15.3. The van der Waals surface area contributed by atoms with E-state index >= 15 is 0 Å². The lowest BCUT2D eigenvalue weighted by molar-refractivity contribution is 0.0950. The van der Waals surface area contributed by atoms with Crippen LogP contribution in [0.15, 0.2) is 67.0 Å². The maximum Gasteiger partial charge on any atom is 0.257 e. The molecule has 6 heteroatoms. The van der Waals surface area contributed by atoms with Crippen LogP contribution in [0, 0.1) is 18.3 Å². The van der Waals surface area contributed by atoms with Crippen LogP contribution < -0.4 is 10.6 Å². The fourth-order valence-corrected chi connectivity index (χ4v) is 2.68. The summed E-state index contributed by atoms with van der Waals surface area (Å²) in [5.74, 6) is -0.760. The van der Waals surface area contributed by atoms with Crippen LogP contribution in [-0.2, 0) is 6.54 Å². The van der Waals surface area contributed by atoms with E-state index in [1.165, 1.54) is 18.5 Å². The Bertz CT molecular complexity index is 1070. The van der Waals surface area contributed by atoms with Crippen molar-refractivity contribution in [2.45, 2.75) is 13.5 Å². The van der Waals surface area contributed by atoms with Crippen molar-refractivity contribution in [1.82, 2.24) is 10.3 Å². The number of nitriles is 1. The number of anilines is 1. The molecule has 2 N–H and O–H groups in total. The number of hydrogen-bond acceptors (Lipinski definition) is 4. The van der Waals surface area contributed by atoms with E-state index < -0.39 is 5.91 Å². The highest BCUT2D eigenvalue weighted by Crippen LogP contribution is 2.15. The van der Waals surface area contributed by atoms with Gasteiger partial charge in [-0.3, -0.25) is 14.6 Å². The molecule has 138 valence electrons. The van der Waals surface area contributed by atoms with Gasteiger partial charge >= 0.3 is 0 Å². The van der Waals surface area contributed by atoms with Gasteiger partial charge in [0.2, 0.25) is 0 Å². The van der Waals surface area contributed by atoms with Crippen molar-refractivity contribution in [3.05, 3.63) is 94.8 Å². The zero-order chi connectivity index (χ0) is 19.9. The molecule has 0 radical (unpaired) electrons. The highest BCUT2D eigenvalue weighted by molar-refractivity contribution is 6.06. The third-order valence-corrected chi connectivity index (χ3v) is 4.09. The molecule has 2 aromatic carbocycles. The molecular weight excluding hydrogens is 352 g/mol. The zero-order valence-electron chi connectivity index (χ0n) is 15.3. The SMILES string of the molecule is Cc1cccc(CNC(=O)c2cncc(C(=O)Nc3ccccc3C#N)c2)c1. The molecule has 0 aliphatic rings. The average molecular weight is 370 g/mol. The first kappa shape index (κ1) is 18.8. The first-order chi connectivity index (χ1) is 13.6. The van der Waals surface area contributed by atoms with Gasteiger partial charge in [-0.25, -0.2) is 0 Å². The van der Waals surface area contributed by atoms with Gasteiger partial charge in [-0.1, -0.05) is 42.0 Å². The molecule has 0 fully saturated rings. The average Bonchev–Trinajstić information content (AvgIpc) is 2.72. The van der Waals surface area contributed by atoms with Crippen LogP contribution >= 0.6 is 0 Å². The number of pyridine rings is 1. The third-order valence-electron chi connectivity index (χ3n) is 4.09. The van der Waals surface area contributed by atoms with Crippen LogP contribution in [0.25, 0.3) is 0 Å². The van der Waals surface area contributed by atoms with Gasteiger partial charge in [0.05, 0.1) is 22.4 Å². The predicted molar refractivity (Wildman–Crippen MR) is 106 cm³/mol. The minimum atomic E-state index is -0.441. The molecule has 0 aliphatic heterocycles. The Hall–Kier alpha value is -3.98. The van der Waals surface area contributed by atoms with Crippen molar-refractivity contribution in [2.75, 3.05) is 5.32 Å². The van der Waals surface area contributed by atoms with Gasteiger partial charge in [0, 0.05) is 18.9 Å². The lowest BCUT2D eigenvalue weighted by atomic mass is 10.1. The van der Waals surface area contributed by atoms with Crippen molar-refractivity contribution < 1.29 is 9.59 Å². The lowest BCUT2D eigenvalue weighted by Crippen LogP contribution is -2.23. The van der Waals surface area contributed by atoms with E-state index in [4.69, 9.17) is 5.26 Å². The summed E-state index contributed by atoms with van der Waals surface area (Å²) in [6.07, 6.45) is 2.78. The van der Waals surface area contributed by atoms with Crippen LogP contribution in [0.5, 0.6) is 0 Å². The Balaban J connectivity index is 1.70. The maximum absolute atomic E-state index is 12.5. The molecule has 0 saturated heterocycles. The van der Waals surface area contributed by atoms with Crippen molar-refractivity contribution in [3.8, 4) is 6.07 Å². The number of para-hydroxylation sites is 1. The van der Waals surface area contributed by atoms with Crippen LogP contribution in [0.4, 0.5) is 5.69 Å². The van der Waals surface area contributed by atoms with E-state index in [9.17, 15) is 9.59 Å². The van der Waals surface area contributed by atoms with E-state index in [1.54, 1.807) is 24.3 Å². The predicted octanol–water partition coefficient (Wildman–Crippen LogP) is 3.44. The van der Waals surface area contributed by atoms with Crippen molar-refractivity contribution in [3.63, 3.8) is 0 Å². The summed E-state index contributed by atoms with van der Waals surface area (Å²) in [5.41, 5.74) is 3.39. The van der Waals surface area contributed by atoms with Crippen molar-refractivity contribution in [1.29, 1.82) is 5.26 Å². The number of nitrogens with zero attached hydrogens (tertiary/aromatic N) is 2. The summed E-state index contributed by atoms with van der Waals surface area (Å²) >= 11 is 0. The summed E-state index contributed by atoms with van der Waals surface area (Å²) in [4.78, 5) is 28.9. The maximum atomic E-state index is 12.5. The molecule has 3 aromatic rings. The molecule has 0 spiro atoms. The topological polar surface area (TPSA) is 94.9 Å². The molecule has 0 saturated carbocycles. The summed E-state index contributed by atoms with van der Waals surface area (Å²) in [7, 11) is 0. The van der Waals surface area contributed by atoms with E-state index in [0.29, 0.717) is 17.8 Å². The van der Waals surface area contributed by atoms with E-state index in [-0.39, 0.29) is 17.0 Å². The fourth-order valence-electron chi connectivity index (χ4n) is 2.68. The van der Waals surface area contributed by atoms with E-state index in [0.717, 1.165) is 11.1 Å². The first-order valence-corrected chi connectivity index (χ1v) is 8.66. The molecule has 6 nitrogen and oxygen atoms in total. The quantitative estimate of drug-likeness (QED) is 0.719. The van der Waals surface area contributed by atoms with Crippen molar-refractivity contribution in [2.24, 2.45) is 0 Å². The molecular formula is C22H18N4O2. The lowest BCUT2D eigenvalue weighted by Gasteiger charge is -2.09. The molecule has 1 heterocycles. The standard InChI is InChI=1S/C22H18N4O2/c1-15-5-4-6-16(9-15)12-25-21(27)18-10-19(14-24-13-18)22(28)26-20-8-3-2-7-17(20)11-23/h2-10,13-14H,12H2,1H3,(H,25,27)(H,26,28). The molecule has 0 bridgehead atoms. The second-order valence-corrected chi connectivity index (χ2v) is 6.25. The summed E-state index contributed by atoms with van der Waals surface area (Å²) in [6, 6.07) is 18.0. The monoisotopic (exact) mass is 370 g/mol. The highest BCUT2D eigenvalue weighted by atomic mass is 16.2. The Morgan fingerprint density at radius 3 is 2.50 bits per heavy atom. The van der Waals surface area contributed by atoms with Crippen LogP contribution in [0.2, 0.25) is 0 Å². The number of amides is 2. The number of rotatable bonds is 5. The van der Waals surface area contributed by atoms with Gasteiger partial charge in [-0.15, -0.1) is 0 Å². The van der Waals surface area contributed by atoms with Gasteiger partial charge in [0.15, 0.2) is 0 Å². The molecule has 1 aromatic heterocycles. The molecule has 0 unspecified atom stereocenters. The van der Waals surface area contributed by atoms with Gasteiger partial charge in [-0.05, 0) is 30.7 Å². The second kappa shape index (κ2) is 8.60. The van der Waals surface area contributed by atoms with Crippen LogP contribution in [0.3, 0.4) is 0 Å². The number of benzene rings is 2. The first-order valence-electron chi connectivity index (χ1n) is 8.66. The van der Waals surface area contributed by atoms with E-state index in [1.807, 2.05) is 37.3 Å². The Morgan fingerprint density at radius 2 is 1.75 bits per heavy atom. The second-order valence-electron chi connectivity index (χ2n) is 6.25. The Morgan fingerprint density at radius 1 is 1.00 bits per heavy atom. The number of hydrogen-bond donors (Lipinski definition) is 2. The van der Waals surface area contributed by atoms with Gasteiger partial charge in [-0.2, -0.15) is 5.26 Å². The summed E-state index contributed by atoms with van der Waals surface area (Å²) in [5, 5.41) is 14.6. The molecule has 28 heavy (non-hydrogen) atoms. The number of carbonyl (C=O) groups excluding carboxylic acids is 2. The number of aromatic nitrogens is 1.